The number of hydrogen-bond donors (Lipinski definition) is 2. The number of benzene rings is 2. The lowest BCUT2D eigenvalue weighted by atomic mass is 10.2. The molecule has 24 heavy (non-hydrogen) atoms. The number of aromatic nitrogens is 1. The number of aliphatic imine (C=N–C) groups is 1. The Kier molecular flexibility index (Phi) is 5.06. The lowest BCUT2D eigenvalue weighted by Crippen LogP contribution is -2.22. The molecule has 0 aliphatic rings. The van der Waals surface area contributed by atoms with Gasteiger partial charge in [-0.15, -0.1) is 11.8 Å². The van der Waals surface area contributed by atoms with Crippen LogP contribution in [0, 0.1) is 0 Å². The van der Waals surface area contributed by atoms with Gasteiger partial charge >= 0.3 is 0 Å². The number of thioether (sulfide) groups is 1. The van der Waals surface area contributed by atoms with Crippen LogP contribution in [0.5, 0.6) is 0 Å². The normalized spacial score (nSPS) is 12.6. The van der Waals surface area contributed by atoms with Crippen molar-refractivity contribution in [2.75, 3.05) is 13.3 Å². The highest BCUT2D eigenvalue weighted by Crippen LogP contribution is 2.17. The summed E-state index contributed by atoms with van der Waals surface area (Å²) in [6.45, 7) is 2.05. The molecule has 0 unspecified atom stereocenters. The van der Waals surface area contributed by atoms with Crippen molar-refractivity contribution in [2.24, 2.45) is 4.99 Å². The molecule has 0 aliphatic heterocycles. The Bertz CT molecular complexity index is 856. The van der Waals surface area contributed by atoms with Gasteiger partial charge in [0, 0.05) is 34.4 Å². The van der Waals surface area contributed by atoms with E-state index in [4.69, 9.17) is 0 Å². The van der Waals surface area contributed by atoms with Gasteiger partial charge in [0.1, 0.15) is 5.84 Å². The summed E-state index contributed by atoms with van der Waals surface area (Å²) < 4.78 is 0. The van der Waals surface area contributed by atoms with Crippen molar-refractivity contribution in [1.29, 1.82) is 0 Å². The molecule has 1 aromatic heterocycles. The molecule has 3 nitrogen and oxygen atoms in total. The lowest BCUT2D eigenvalue weighted by Gasteiger charge is -2.10. The zero-order chi connectivity index (χ0) is 16.9. The second-order valence-electron chi connectivity index (χ2n) is 5.56. The molecule has 0 saturated heterocycles. The summed E-state index contributed by atoms with van der Waals surface area (Å²) in [6.07, 6.45) is 4.18. The molecule has 4 heteroatoms. The van der Waals surface area contributed by atoms with Gasteiger partial charge in [-0.3, -0.25) is 4.99 Å². The van der Waals surface area contributed by atoms with Crippen LogP contribution in [0.3, 0.4) is 0 Å². The molecule has 0 atom stereocenters. The van der Waals surface area contributed by atoms with Gasteiger partial charge in [0.15, 0.2) is 0 Å². The van der Waals surface area contributed by atoms with E-state index in [0.29, 0.717) is 0 Å². The Hall–Kier alpha value is -2.46. The first-order chi connectivity index (χ1) is 11.7. The molecule has 3 aromatic rings. The number of nitrogens with zero attached hydrogens (tertiary/aromatic N) is 1. The zero-order valence-corrected chi connectivity index (χ0v) is 14.9. The molecule has 1 heterocycles. The number of H-pyrrole nitrogens is 1. The number of nitrogens with one attached hydrogen (secondary N) is 2. The highest BCUT2D eigenvalue weighted by molar-refractivity contribution is 7.98. The molecule has 2 N–H and O–H groups in total. The number of fused-ring (bicyclic) bond motifs is 1. The average Bonchev–Trinajstić information content (AvgIpc) is 3.02. The first kappa shape index (κ1) is 16.4. The van der Waals surface area contributed by atoms with Crippen molar-refractivity contribution in [2.45, 2.75) is 11.8 Å². The molecule has 0 saturated carbocycles. The molecule has 0 aliphatic carbocycles. The van der Waals surface area contributed by atoms with E-state index in [1.165, 1.54) is 10.3 Å². The van der Waals surface area contributed by atoms with Crippen LogP contribution >= 0.6 is 11.8 Å². The fourth-order valence-electron chi connectivity index (χ4n) is 2.64. The topological polar surface area (TPSA) is 40.2 Å². The Morgan fingerprint density at radius 1 is 1.12 bits per heavy atom. The van der Waals surface area contributed by atoms with Crippen LogP contribution < -0.4 is 5.32 Å². The molecule has 0 spiro atoms. The van der Waals surface area contributed by atoms with Gasteiger partial charge in [-0.1, -0.05) is 30.3 Å². The van der Waals surface area contributed by atoms with E-state index in [-0.39, 0.29) is 0 Å². The average molecular weight is 335 g/mol. The van der Waals surface area contributed by atoms with Crippen LogP contribution in [0.1, 0.15) is 18.2 Å². The first-order valence-corrected chi connectivity index (χ1v) is 9.06. The van der Waals surface area contributed by atoms with Crippen LogP contribution in [0.15, 0.2) is 70.2 Å². The highest BCUT2D eigenvalue weighted by Gasteiger charge is 2.04. The quantitative estimate of drug-likeness (QED) is 0.404. The van der Waals surface area contributed by atoms with E-state index in [1.54, 1.807) is 18.8 Å². The summed E-state index contributed by atoms with van der Waals surface area (Å²) >= 11 is 1.74. The van der Waals surface area contributed by atoms with E-state index in [2.05, 4.69) is 76.2 Å². The van der Waals surface area contributed by atoms with E-state index in [9.17, 15) is 0 Å². The smallest absolute Gasteiger partial charge is 0.132 e. The van der Waals surface area contributed by atoms with E-state index >= 15 is 0 Å². The predicted octanol–water partition coefficient (Wildman–Crippen LogP) is 4.92. The summed E-state index contributed by atoms with van der Waals surface area (Å²) in [5, 5.41) is 4.61. The van der Waals surface area contributed by atoms with Crippen molar-refractivity contribution < 1.29 is 0 Å². The Morgan fingerprint density at radius 2 is 1.88 bits per heavy atom. The van der Waals surface area contributed by atoms with Crippen LogP contribution in [-0.2, 0) is 0 Å². The molecular formula is C20H21N3S. The maximum Gasteiger partial charge on any atom is 0.132 e. The van der Waals surface area contributed by atoms with Gasteiger partial charge < -0.3 is 10.3 Å². The third-order valence-corrected chi connectivity index (χ3v) is 4.57. The van der Waals surface area contributed by atoms with Crippen LogP contribution in [-0.4, -0.2) is 24.1 Å². The number of para-hydroxylation sites is 1. The highest BCUT2D eigenvalue weighted by atomic mass is 32.2. The largest absolute Gasteiger partial charge is 0.355 e. The molecule has 0 amide bonds. The molecule has 0 fully saturated rings. The summed E-state index contributed by atoms with van der Waals surface area (Å²) in [6, 6.07) is 18.9. The van der Waals surface area contributed by atoms with Gasteiger partial charge in [-0.05, 0) is 48.9 Å². The standard InChI is InChI=1S/C20H21N3S/c1-14(12-17-13-16-6-4-5-7-19(16)23-17)22-20(21-2)15-8-10-18(24-3)11-9-15/h4-13,23H,1-3H3,(H,21,22)/b14-12-. The second-order valence-corrected chi connectivity index (χ2v) is 6.44. The summed E-state index contributed by atoms with van der Waals surface area (Å²) in [4.78, 5) is 9.05. The zero-order valence-electron chi connectivity index (χ0n) is 14.1. The second kappa shape index (κ2) is 7.41. The van der Waals surface area contributed by atoms with Gasteiger partial charge in [0.25, 0.3) is 0 Å². The fourth-order valence-corrected chi connectivity index (χ4v) is 3.04. The minimum atomic E-state index is 0.868. The van der Waals surface area contributed by atoms with Crippen molar-refractivity contribution in [3.63, 3.8) is 0 Å². The van der Waals surface area contributed by atoms with Crippen LogP contribution in [0.25, 0.3) is 17.0 Å². The maximum atomic E-state index is 4.39. The Morgan fingerprint density at radius 3 is 2.54 bits per heavy atom. The summed E-state index contributed by atoms with van der Waals surface area (Å²) in [5.41, 5.74) is 4.35. The number of aromatic amines is 1. The van der Waals surface area contributed by atoms with Crippen molar-refractivity contribution in [3.05, 3.63) is 71.6 Å². The van der Waals surface area contributed by atoms with Crippen molar-refractivity contribution in [1.82, 2.24) is 10.3 Å². The van der Waals surface area contributed by atoms with Gasteiger partial charge in [-0.25, -0.2) is 0 Å². The molecule has 122 valence electrons. The number of amidine groups is 1. The number of hydrogen-bond acceptors (Lipinski definition) is 2. The summed E-state index contributed by atoms with van der Waals surface area (Å²) in [7, 11) is 1.81. The number of rotatable bonds is 4. The molecule has 0 bridgehead atoms. The Balaban J connectivity index is 1.79. The van der Waals surface area contributed by atoms with E-state index in [0.717, 1.165) is 28.3 Å². The van der Waals surface area contributed by atoms with Crippen molar-refractivity contribution in [3.8, 4) is 0 Å². The van der Waals surface area contributed by atoms with E-state index in [1.807, 2.05) is 13.0 Å². The monoisotopic (exact) mass is 335 g/mol. The fraction of sp³-hybridized carbons (Fsp3) is 0.150. The van der Waals surface area contributed by atoms with Gasteiger partial charge in [0.05, 0.1) is 0 Å². The molecule has 0 radical (unpaired) electrons. The Labute approximate surface area is 146 Å². The van der Waals surface area contributed by atoms with Crippen LogP contribution in [0.2, 0.25) is 0 Å². The van der Waals surface area contributed by atoms with E-state index < -0.39 is 0 Å². The third kappa shape index (κ3) is 3.71. The molecular weight excluding hydrogens is 314 g/mol. The molecule has 3 rings (SSSR count). The minimum absolute atomic E-state index is 0.868. The molecule has 2 aromatic carbocycles. The third-order valence-electron chi connectivity index (χ3n) is 3.83. The SMILES string of the molecule is CN=C(N/C(C)=C\c1cc2ccccc2[nH]1)c1ccc(SC)cc1. The summed E-state index contributed by atoms with van der Waals surface area (Å²) in [5.74, 6) is 0.868. The van der Waals surface area contributed by atoms with Crippen molar-refractivity contribution >= 4 is 34.6 Å². The first-order valence-electron chi connectivity index (χ1n) is 7.84. The lowest BCUT2D eigenvalue weighted by molar-refractivity contribution is 1.11. The number of allylic oxidation sites excluding steroid dienone is 1. The maximum absolute atomic E-state index is 4.39. The predicted molar refractivity (Wildman–Crippen MR) is 106 cm³/mol. The van der Waals surface area contributed by atoms with Gasteiger partial charge in [0.2, 0.25) is 0 Å². The van der Waals surface area contributed by atoms with Gasteiger partial charge in [-0.2, -0.15) is 0 Å². The van der Waals surface area contributed by atoms with Crippen LogP contribution in [0.4, 0.5) is 0 Å². The minimum Gasteiger partial charge on any atom is -0.355 e.